The normalized spacial score (nSPS) is 12.4. The minimum atomic E-state index is 0.640. The summed E-state index contributed by atoms with van der Waals surface area (Å²) in [4.78, 5) is 0. The molecule has 82 valence electrons. The molecule has 0 aromatic heterocycles. The van der Waals surface area contributed by atoms with Crippen LogP contribution in [0.2, 0.25) is 0 Å². The van der Waals surface area contributed by atoms with Gasteiger partial charge < -0.3 is 5.32 Å². The summed E-state index contributed by atoms with van der Waals surface area (Å²) in [5.41, 5.74) is 0. The Labute approximate surface area is 89.3 Å². The van der Waals surface area contributed by atoms with Gasteiger partial charge in [0.15, 0.2) is 0 Å². The molecule has 0 heterocycles. The molecule has 0 aromatic carbocycles. The van der Waals surface area contributed by atoms with E-state index in [4.69, 9.17) is 0 Å². The van der Waals surface area contributed by atoms with Gasteiger partial charge in [-0.15, -0.1) is 13.2 Å². The van der Waals surface area contributed by atoms with Gasteiger partial charge in [0.2, 0.25) is 0 Å². The molecule has 0 fully saturated rings. The Morgan fingerprint density at radius 2 is 1.93 bits per heavy atom. The van der Waals surface area contributed by atoms with Crippen LogP contribution in [-0.4, -0.2) is 12.6 Å². The van der Waals surface area contributed by atoms with Gasteiger partial charge in [-0.2, -0.15) is 0 Å². The van der Waals surface area contributed by atoms with Crippen molar-refractivity contribution in [2.75, 3.05) is 6.54 Å². The smallest absolute Gasteiger partial charge is 0.0101 e. The molecular formula is C13H25N. The van der Waals surface area contributed by atoms with Gasteiger partial charge in [0.05, 0.1) is 0 Å². The van der Waals surface area contributed by atoms with E-state index < -0.39 is 0 Å². The lowest BCUT2D eigenvalue weighted by Gasteiger charge is -2.15. The minimum absolute atomic E-state index is 0.640. The van der Waals surface area contributed by atoms with Crippen LogP contribution in [0.15, 0.2) is 25.3 Å². The van der Waals surface area contributed by atoms with Gasteiger partial charge in [0.1, 0.15) is 0 Å². The second kappa shape index (κ2) is 10.5. The van der Waals surface area contributed by atoms with Crippen molar-refractivity contribution in [3.05, 3.63) is 25.3 Å². The predicted molar refractivity (Wildman–Crippen MR) is 65.6 cm³/mol. The molecule has 14 heavy (non-hydrogen) atoms. The molecule has 0 amide bonds. The van der Waals surface area contributed by atoms with Gasteiger partial charge >= 0.3 is 0 Å². The maximum absolute atomic E-state index is 3.79. The van der Waals surface area contributed by atoms with E-state index in [0.29, 0.717) is 6.04 Å². The molecular weight excluding hydrogens is 170 g/mol. The zero-order chi connectivity index (χ0) is 10.6. The largest absolute Gasteiger partial charge is 0.314 e. The monoisotopic (exact) mass is 195 g/mol. The van der Waals surface area contributed by atoms with Crippen LogP contribution >= 0.6 is 0 Å². The number of hydrogen-bond donors (Lipinski definition) is 1. The van der Waals surface area contributed by atoms with Crippen LogP contribution in [0.25, 0.3) is 0 Å². The van der Waals surface area contributed by atoms with Gasteiger partial charge in [-0.25, -0.2) is 0 Å². The predicted octanol–water partition coefficient (Wildman–Crippen LogP) is 3.68. The second-order valence-corrected chi connectivity index (χ2v) is 3.71. The topological polar surface area (TPSA) is 12.0 Å². The summed E-state index contributed by atoms with van der Waals surface area (Å²) in [6.07, 6.45) is 11.5. The summed E-state index contributed by atoms with van der Waals surface area (Å²) in [6, 6.07) is 0.640. The molecule has 0 bridgehead atoms. The van der Waals surface area contributed by atoms with Crippen molar-refractivity contribution in [2.24, 2.45) is 0 Å². The first kappa shape index (κ1) is 13.4. The van der Waals surface area contributed by atoms with Crippen molar-refractivity contribution in [2.45, 2.75) is 51.5 Å². The van der Waals surface area contributed by atoms with Gasteiger partial charge in [-0.3, -0.25) is 0 Å². The third-order valence-electron chi connectivity index (χ3n) is 2.40. The lowest BCUT2D eigenvalue weighted by molar-refractivity contribution is 0.470. The molecule has 0 aromatic rings. The highest BCUT2D eigenvalue weighted by Gasteiger charge is 2.03. The average Bonchev–Trinajstić information content (AvgIpc) is 2.18. The molecule has 1 N–H and O–H groups in total. The Morgan fingerprint density at radius 1 is 1.14 bits per heavy atom. The summed E-state index contributed by atoms with van der Waals surface area (Å²) in [5, 5.41) is 3.48. The first-order chi connectivity index (χ1) is 6.85. The Kier molecular flexibility index (Phi) is 10.1. The van der Waals surface area contributed by atoms with Crippen LogP contribution in [0.5, 0.6) is 0 Å². The van der Waals surface area contributed by atoms with E-state index in [1.165, 1.54) is 25.7 Å². The first-order valence-electron chi connectivity index (χ1n) is 5.80. The highest BCUT2D eigenvalue weighted by molar-refractivity contribution is 4.77. The number of hydrogen-bond acceptors (Lipinski definition) is 1. The van der Waals surface area contributed by atoms with E-state index in [1.54, 1.807) is 0 Å². The fourth-order valence-electron chi connectivity index (χ4n) is 1.65. The van der Waals surface area contributed by atoms with Gasteiger partial charge in [-0.1, -0.05) is 31.9 Å². The Morgan fingerprint density at radius 3 is 2.50 bits per heavy atom. The molecule has 1 nitrogen and oxygen atoms in total. The molecule has 0 aliphatic heterocycles. The molecule has 1 heteroatoms. The van der Waals surface area contributed by atoms with Crippen molar-refractivity contribution in [1.29, 1.82) is 0 Å². The maximum atomic E-state index is 3.79. The van der Waals surface area contributed by atoms with Crippen LogP contribution < -0.4 is 5.32 Å². The third-order valence-corrected chi connectivity index (χ3v) is 2.40. The zero-order valence-corrected chi connectivity index (χ0v) is 9.60. The van der Waals surface area contributed by atoms with Crippen molar-refractivity contribution in [3.8, 4) is 0 Å². The standard InChI is InChI=1S/C13H25N/c1-4-7-8-9-10-12-13(11-5-2)14-6-3/h4-5,13-14H,1-2,6-12H2,3H3. The SMILES string of the molecule is C=CCCCCCC(CC=C)NCC. The molecule has 0 saturated carbocycles. The van der Waals surface area contributed by atoms with Crippen LogP contribution in [-0.2, 0) is 0 Å². The Hall–Kier alpha value is -0.560. The summed E-state index contributed by atoms with van der Waals surface area (Å²) < 4.78 is 0. The quantitative estimate of drug-likeness (QED) is 0.414. The Balaban J connectivity index is 3.39. The Bertz CT molecular complexity index is 140. The van der Waals surface area contributed by atoms with E-state index >= 15 is 0 Å². The highest BCUT2D eigenvalue weighted by Crippen LogP contribution is 2.08. The molecule has 1 unspecified atom stereocenters. The van der Waals surface area contributed by atoms with Crippen LogP contribution in [0.3, 0.4) is 0 Å². The number of nitrogens with one attached hydrogen (secondary N) is 1. The van der Waals surface area contributed by atoms with Crippen molar-refractivity contribution < 1.29 is 0 Å². The third kappa shape index (κ3) is 8.06. The van der Waals surface area contributed by atoms with Gasteiger partial charge in [-0.05, 0) is 32.2 Å². The number of allylic oxidation sites excluding steroid dienone is 1. The first-order valence-corrected chi connectivity index (χ1v) is 5.80. The van der Waals surface area contributed by atoms with Gasteiger partial charge in [0, 0.05) is 6.04 Å². The van der Waals surface area contributed by atoms with E-state index in [1.807, 2.05) is 12.2 Å². The van der Waals surface area contributed by atoms with E-state index in [2.05, 4.69) is 25.4 Å². The molecule has 0 spiro atoms. The van der Waals surface area contributed by atoms with Crippen molar-refractivity contribution in [3.63, 3.8) is 0 Å². The van der Waals surface area contributed by atoms with E-state index in [-0.39, 0.29) is 0 Å². The summed E-state index contributed by atoms with van der Waals surface area (Å²) in [5.74, 6) is 0. The fourth-order valence-corrected chi connectivity index (χ4v) is 1.65. The van der Waals surface area contributed by atoms with Gasteiger partial charge in [0.25, 0.3) is 0 Å². The minimum Gasteiger partial charge on any atom is -0.314 e. The summed E-state index contributed by atoms with van der Waals surface area (Å²) in [7, 11) is 0. The molecule has 0 aliphatic rings. The second-order valence-electron chi connectivity index (χ2n) is 3.71. The lowest BCUT2D eigenvalue weighted by atomic mass is 10.0. The number of rotatable bonds is 10. The maximum Gasteiger partial charge on any atom is 0.0101 e. The number of unbranched alkanes of at least 4 members (excludes halogenated alkanes) is 3. The fraction of sp³-hybridized carbons (Fsp3) is 0.692. The highest BCUT2D eigenvalue weighted by atomic mass is 14.9. The summed E-state index contributed by atoms with van der Waals surface area (Å²) in [6.45, 7) is 10.7. The van der Waals surface area contributed by atoms with Crippen LogP contribution in [0.4, 0.5) is 0 Å². The molecule has 0 rings (SSSR count). The molecule has 0 radical (unpaired) electrons. The van der Waals surface area contributed by atoms with E-state index in [9.17, 15) is 0 Å². The lowest BCUT2D eigenvalue weighted by Crippen LogP contribution is -2.28. The molecule has 0 aliphatic carbocycles. The van der Waals surface area contributed by atoms with Crippen molar-refractivity contribution >= 4 is 0 Å². The molecule has 0 saturated heterocycles. The van der Waals surface area contributed by atoms with E-state index in [0.717, 1.165) is 19.4 Å². The van der Waals surface area contributed by atoms with Crippen LogP contribution in [0.1, 0.15) is 45.4 Å². The van der Waals surface area contributed by atoms with Crippen molar-refractivity contribution in [1.82, 2.24) is 5.32 Å². The van der Waals surface area contributed by atoms with Crippen LogP contribution in [0, 0.1) is 0 Å². The average molecular weight is 195 g/mol. The zero-order valence-electron chi connectivity index (χ0n) is 9.60. The molecule has 1 atom stereocenters. The summed E-state index contributed by atoms with van der Waals surface area (Å²) >= 11 is 0.